The van der Waals surface area contributed by atoms with Crippen LogP contribution in [0.3, 0.4) is 0 Å². The number of halogens is 3. The minimum absolute atomic E-state index is 0.0932. The van der Waals surface area contributed by atoms with Crippen molar-refractivity contribution in [1.82, 2.24) is 5.32 Å². The molecule has 0 unspecified atom stereocenters. The molecular weight excluding hydrogens is 328 g/mol. The zero-order valence-electron chi connectivity index (χ0n) is 10.9. The molecule has 2 rings (SSSR count). The second-order valence-corrected chi connectivity index (χ2v) is 5.05. The Kier molecular flexibility index (Phi) is 5.09. The van der Waals surface area contributed by atoms with Crippen LogP contribution in [0.2, 0.25) is 0 Å². The number of hydrogen-bond acceptors (Lipinski definition) is 2. The molecule has 0 aromatic heterocycles. The first-order valence-corrected chi connectivity index (χ1v) is 6.90. The molecule has 106 valence electrons. The largest absolute Gasteiger partial charge is 0.485 e. The van der Waals surface area contributed by atoms with Crippen molar-refractivity contribution in [2.75, 3.05) is 7.05 Å². The maximum Gasteiger partial charge on any atom is 0.165 e. The van der Waals surface area contributed by atoms with Gasteiger partial charge in [-0.1, -0.05) is 24.3 Å². The van der Waals surface area contributed by atoms with E-state index in [1.54, 1.807) is 31.3 Å². The van der Waals surface area contributed by atoms with Crippen molar-refractivity contribution in [2.24, 2.45) is 0 Å². The van der Waals surface area contributed by atoms with Gasteiger partial charge in [0, 0.05) is 17.7 Å². The van der Waals surface area contributed by atoms with E-state index < -0.39 is 5.82 Å². The lowest BCUT2D eigenvalue weighted by Crippen LogP contribution is -2.09. The number of rotatable bonds is 5. The summed E-state index contributed by atoms with van der Waals surface area (Å²) in [5.41, 5.74) is 1.35. The third-order valence-electron chi connectivity index (χ3n) is 2.82. The molecule has 2 nitrogen and oxygen atoms in total. The maximum absolute atomic E-state index is 13.8. The van der Waals surface area contributed by atoms with E-state index in [4.69, 9.17) is 4.74 Å². The summed E-state index contributed by atoms with van der Waals surface area (Å²) < 4.78 is 33.1. The summed E-state index contributed by atoms with van der Waals surface area (Å²) in [6.07, 6.45) is 0. The zero-order valence-corrected chi connectivity index (χ0v) is 12.5. The lowest BCUT2D eigenvalue weighted by Gasteiger charge is -2.13. The predicted molar refractivity (Wildman–Crippen MR) is 77.6 cm³/mol. The molecule has 0 atom stereocenters. The van der Waals surface area contributed by atoms with Gasteiger partial charge in [-0.05, 0) is 35.1 Å². The second-order valence-electron chi connectivity index (χ2n) is 4.26. The van der Waals surface area contributed by atoms with Crippen molar-refractivity contribution in [2.45, 2.75) is 13.2 Å². The third-order valence-corrected chi connectivity index (χ3v) is 3.71. The van der Waals surface area contributed by atoms with Crippen LogP contribution in [0.1, 0.15) is 11.1 Å². The van der Waals surface area contributed by atoms with Crippen LogP contribution in [0.15, 0.2) is 40.9 Å². The third kappa shape index (κ3) is 3.35. The van der Waals surface area contributed by atoms with Crippen LogP contribution in [-0.2, 0) is 13.2 Å². The van der Waals surface area contributed by atoms with Gasteiger partial charge in [-0.15, -0.1) is 0 Å². The molecule has 0 spiro atoms. The second kappa shape index (κ2) is 6.81. The molecule has 5 heteroatoms. The van der Waals surface area contributed by atoms with Crippen molar-refractivity contribution in [3.63, 3.8) is 0 Å². The van der Waals surface area contributed by atoms with Gasteiger partial charge >= 0.3 is 0 Å². The molecule has 0 fully saturated rings. The zero-order chi connectivity index (χ0) is 14.5. The summed E-state index contributed by atoms with van der Waals surface area (Å²) in [5.74, 6) is -0.599. The Morgan fingerprint density at radius 3 is 2.40 bits per heavy atom. The van der Waals surface area contributed by atoms with E-state index in [1.807, 2.05) is 0 Å². The van der Waals surface area contributed by atoms with Crippen LogP contribution in [-0.4, -0.2) is 7.05 Å². The summed E-state index contributed by atoms with van der Waals surface area (Å²) in [7, 11) is 1.78. The minimum atomic E-state index is -0.426. The Bertz CT molecular complexity index is 604. The Labute approximate surface area is 124 Å². The summed E-state index contributed by atoms with van der Waals surface area (Å²) in [6.45, 7) is 0.591. The van der Waals surface area contributed by atoms with E-state index in [2.05, 4.69) is 21.2 Å². The predicted octanol–water partition coefficient (Wildman–Crippen LogP) is 4.03. The fourth-order valence-corrected chi connectivity index (χ4v) is 2.23. The number of para-hydroxylation sites is 1. The van der Waals surface area contributed by atoms with E-state index in [9.17, 15) is 8.78 Å². The fraction of sp³-hybridized carbons (Fsp3) is 0.200. The summed E-state index contributed by atoms with van der Waals surface area (Å²) in [4.78, 5) is 0. The molecule has 2 aromatic rings. The standard InChI is InChI=1S/C15H14BrF2NO/c1-19-8-10-4-2-7-13(18)15(10)20-9-11-5-3-6-12(17)14(11)16/h2-7,19H,8-9H2,1H3. The van der Waals surface area contributed by atoms with Crippen molar-refractivity contribution in [1.29, 1.82) is 0 Å². The Morgan fingerprint density at radius 1 is 1.05 bits per heavy atom. The molecule has 0 radical (unpaired) electrons. The molecule has 0 aliphatic carbocycles. The van der Waals surface area contributed by atoms with Crippen LogP contribution in [0.4, 0.5) is 8.78 Å². The fourth-order valence-electron chi connectivity index (χ4n) is 1.85. The number of benzene rings is 2. The molecular formula is C15H14BrF2NO. The molecule has 0 saturated carbocycles. The van der Waals surface area contributed by atoms with Gasteiger partial charge in [-0.3, -0.25) is 0 Å². The smallest absolute Gasteiger partial charge is 0.165 e. The monoisotopic (exact) mass is 341 g/mol. The number of nitrogens with one attached hydrogen (secondary N) is 1. The van der Waals surface area contributed by atoms with E-state index in [1.165, 1.54) is 12.1 Å². The Balaban J connectivity index is 2.20. The average molecular weight is 342 g/mol. The van der Waals surface area contributed by atoms with Gasteiger partial charge in [0.25, 0.3) is 0 Å². The van der Waals surface area contributed by atoms with E-state index in [0.717, 1.165) is 5.56 Å². The highest BCUT2D eigenvalue weighted by Crippen LogP contribution is 2.26. The molecule has 1 N–H and O–H groups in total. The summed E-state index contributed by atoms with van der Waals surface area (Å²) in [6, 6.07) is 9.43. The van der Waals surface area contributed by atoms with Gasteiger partial charge < -0.3 is 10.1 Å². The first-order chi connectivity index (χ1) is 9.63. The Hall–Kier alpha value is -1.46. The lowest BCUT2D eigenvalue weighted by atomic mass is 10.2. The van der Waals surface area contributed by atoms with Gasteiger partial charge in [0.15, 0.2) is 11.6 Å². The summed E-state index contributed by atoms with van der Waals surface area (Å²) >= 11 is 3.16. The first-order valence-electron chi connectivity index (χ1n) is 6.11. The maximum atomic E-state index is 13.8. The minimum Gasteiger partial charge on any atom is -0.485 e. The molecule has 0 aliphatic heterocycles. The molecule has 0 amide bonds. The van der Waals surface area contributed by atoms with Crippen LogP contribution in [0.5, 0.6) is 5.75 Å². The summed E-state index contributed by atoms with van der Waals surface area (Å²) in [5, 5.41) is 2.95. The molecule has 2 aromatic carbocycles. The molecule has 0 aliphatic rings. The van der Waals surface area contributed by atoms with Gasteiger partial charge in [-0.2, -0.15) is 0 Å². The topological polar surface area (TPSA) is 21.3 Å². The number of hydrogen-bond donors (Lipinski definition) is 1. The molecule has 20 heavy (non-hydrogen) atoms. The molecule has 0 saturated heterocycles. The van der Waals surface area contributed by atoms with Gasteiger partial charge in [-0.25, -0.2) is 8.78 Å². The highest BCUT2D eigenvalue weighted by molar-refractivity contribution is 9.10. The van der Waals surface area contributed by atoms with Crippen LogP contribution >= 0.6 is 15.9 Å². The van der Waals surface area contributed by atoms with E-state index >= 15 is 0 Å². The van der Waals surface area contributed by atoms with Gasteiger partial charge in [0.2, 0.25) is 0 Å². The van der Waals surface area contributed by atoms with Crippen molar-refractivity contribution >= 4 is 15.9 Å². The van der Waals surface area contributed by atoms with E-state index in [-0.39, 0.29) is 18.2 Å². The first kappa shape index (κ1) is 14.9. The highest BCUT2D eigenvalue weighted by atomic mass is 79.9. The van der Waals surface area contributed by atoms with Crippen LogP contribution < -0.4 is 10.1 Å². The lowest BCUT2D eigenvalue weighted by molar-refractivity contribution is 0.285. The van der Waals surface area contributed by atoms with Gasteiger partial charge in [0.05, 0.1) is 4.47 Å². The Morgan fingerprint density at radius 2 is 1.70 bits per heavy atom. The van der Waals surface area contributed by atoms with Crippen molar-refractivity contribution in [3.05, 3.63) is 63.6 Å². The average Bonchev–Trinajstić information content (AvgIpc) is 2.43. The molecule has 0 bridgehead atoms. The quantitative estimate of drug-likeness (QED) is 0.886. The number of ether oxygens (including phenoxy) is 1. The normalized spacial score (nSPS) is 10.6. The molecule has 0 heterocycles. The van der Waals surface area contributed by atoms with Gasteiger partial charge in [0.1, 0.15) is 12.4 Å². The van der Waals surface area contributed by atoms with Crippen LogP contribution in [0.25, 0.3) is 0 Å². The van der Waals surface area contributed by atoms with E-state index in [0.29, 0.717) is 16.6 Å². The van der Waals surface area contributed by atoms with Crippen LogP contribution in [0, 0.1) is 11.6 Å². The highest BCUT2D eigenvalue weighted by Gasteiger charge is 2.11. The van der Waals surface area contributed by atoms with Crippen molar-refractivity contribution in [3.8, 4) is 5.75 Å². The van der Waals surface area contributed by atoms with Crippen molar-refractivity contribution < 1.29 is 13.5 Å². The SMILES string of the molecule is CNCc1cccc(F)c1OCc1cccc(F)c1Br.